The molecule has 0 radical (unpaired) electrons. The van der Waals surface area contributed by atoms with Crippen molar-refractivity contribution >= 4 is 5.97 Å². The Morgan fingerprint density at radius 1 is 1.39 bits per heavy atom. The van der Waals surface area contributed by atoms with Gasteiger partial charge in [0.2, 0.25) is 0 Å². The maximum absolute atomic E-state index is 11.2. The Kier molecular flexibility index (Phi) is 6.09. The van der Waals surface area contributed by atoms with E-state index in [4.69, 9.17) is 0 Å². The second kappa shape index (κ2) is 7.10. The molecule has 0 aromatic rings. The quantitative estimate of drug-likeness (QED) is 0.697. The maximum atomic E-state index is 11.2. The second-order valence-electron chi connectivity index (χ2n) is 5.54. The van der Waals surface area contributed by atoms with Crippen LogP contribution >= 0.6 is 0 Å². The Bertz CT molecular complexity index is 265. The molecule has 0 aliphatic carbocycles. The van der Waals surface area contributed by atoms with E-state index in [1.807, 2.05) is 0 Å². The Hall–Kier alpha value is -0.610. The van der Waals surface area contributed by atoms with Crippen LogP contribution in [0.3, 0.4) is 0 Å². The lowest BCUT2D eigenvalue weighted by molar-refractivity contribution is -0.140. The highest BCUT2D eigenvalue weighted by atomic mass is 16.4. The van der Waals surface area contributed by atoms with Gasteiger partial charge in [0.15, 0.2) is 0 Å². The third-order valence-electron chi connectivity index (χ3n) is 4.40. The van der Waals surface area contributed by atoms with Gasteiger partial charge in [-0.15, -0.1) is 0 Å². The minimum atomic E-state index is -0.728. The molecule has 1 saturated heterocycles. The lowest BCUT2D eigenvalue weighted by Gasteiger charge is -2.27. The van der Waals surface area contributed by atoms with E-state index in [1.165, 1.54) is 19.3 Å². The van der Waals surface area contributed by atoms with E-state index in [0.717, 1.165) is 26.1 Å². The van der Waals surface area contributed by atoms with Gasteiger partial charge in [0.1, 0.15) is 6.04 Å². The summed E-state index contributed by atoms with van der Waals surface area (Å²) >= 11 is 0. The van der Waals surface area contributed by atoms with Crippen molar-refractivity contribution in [1.82, 2.24) is 10.2 Å². The monoisotopic (exact) mass is 256 g/mol. The highest BCUT2D eigenvalue weighted by Crippen LogP contribution is 2.36. The molecule has 1 rings (SSSR count). The van der Waals surface area contributed by atoms with E-state index in [2.05, 4.69) is 31.0 Å². The van der Waals surface area contributed by atoms with Crippen LogP contribution in [0.15, 0.2) is 0 Å². The minimum absolute atomic E-state index is 0.422. The smallest absolute Gasteiger partial charge is 0.322 e. The summed E-state index contributed by atoms with van der Waals surface area (Å²) in [7, 11) is 0. The number of carbonyl (C=O) groups is 1. The summed E-state index contributed by atoms with van der Waals surface area (Å²) in [6, 6.07) is -0.422. The first-order chi connectivity index (χ1) is 8.56. The van der Waals surface area contributed by atoms with Crippen LogP contribution in [-0.4, -0.2) is 48.2 Å². The molecule has 0 aromatic carbocycles. The zero-order valence-electron chi connectivity index (χ0n) is 12.0. The maximum Gasteiger partial charge on any atom is 0.322 e. The highest BCUT2D eigenvalue weighted by Gasteiger charge is 2.36. The van der Waals surface area contributed by atoms with Crippen LogP contribution in [0, 0.1) is 5.41 Å². The van der Waals surface area contributed by atoms with Crippen LogP contribution in [0.25, 0.3) is 0 Å². The molecule has 1 aliphatic heterocycles. The minimum Gasteiger partial charge on any atom is -0.480 e. The van der Waals surface area contributed by atoms with Crippen molar-refractivity contribution in [1.29, 1.82) is 0 Å². The second-order valence-corrected chi connectivity index (χ2v) is 5.54. The van der Waals surface area contributed by atoms with E-state index in [1.54, 1.807) is 0 Å². The molecule has 2 N–H and O–H groups in total. The van der Waals surface area contributed by atoms with Crippen molar-refractivity contribution in [2.45, 2.75) is 52.5 Å². The Labute approximate surface area is 111 Å². The van der Waals surface area contributed by atoms with Crippen molar-refractivity contribution in [3.05, 3.63) is 0 Å². The molecular formula is C14H28N2O2. The average molecular weight is 256 g/mol. The molecule has 1 unspecified atom stereocenters. The fourth-order valence-electron chi connectivity index (χ4n) is 2.82. The van der Waals surface area contributed by atoms with Crippen LogP contribution in [0.2, 0.25) is 0 Å². The lowest BCUT2D eigenvalue weighted by atomic mass is 9.82. The van der Waals surface area contributed by atoms with E-state index >= 15 is 0 Å². The fraction of sp³-hybridized carbons (Fsp3) is 0.929. The molecule has 0 bridgehead atoms. The van der Waals surface area contributed by atoms with Gasteiger partial charge in [0.05, 0.1) is 0 Å². The summed E-state index contributed by atoms with van der Waals surface area (Å²) in [6.07, 6.45) is 4.57. The third kappa shape index (κ3) is 3.95. The molecule has 18 heavy (non-hydrogen) atoms. The Morgan fingerprint density at radius 3 is 2.50 bits per heavy atom. The van der Waals surface area contributed by atoms with Crippen LogP contribution < -0.4 is 5.32 Å². The summed E-state index contributed by atoms with van der Waals surface area (Å²) in [5.74, 6) is -0.728. The summed E-state index contributed by atoms with van der Waals surface area (Å²) in [4.78, 5) is 13.5. The topological polar surface area (TPSA) is 52.6 Å². The largest absolute Gasteiger partial charge is 0.480 e. The number of carboxylic acid groups (broad SMARTS) is 1. The predicted molar refractivity (Wildman–Crippen MR) is 73.8 cm³/mol. The molecule has 0 aromatic heterocycles. The zero-order valence-corrected chi connectivity index (χ0v) is 12.0. The van der Waals surface area contributed by atoms with E-state index in [-0.39, 0.29) is 0 Å². The van der Waals surface area contributed by atoms with Crippen LogP contribution in [0.5, 0.6) is 0 Å². The molecule has 0 amide bonds. The van der Waals surface area contributed by atoms with E-state index < -0.39 is 12.0 Å². The highest BCUT2D eigenvalue weighted by molar-refractivity contribution is 5.73. The molecule has 1 aliphatic rings. The van der Waals surface area contributed by atoms with E-state index in [9.17, 15) is 9.90 Å². The summed E-state index contributed by atoms with van der Waals surface area (Å²) in [5, 5.41) is 12.3. The number of hydrogen-bond donors (Lipinski definition) is 2. The number of hydrogen-bond acceptors (Lipinski definition) is 3. The first-order valence-electron chi connectivity index (χ1n) is 7.25. The number of rotatable bonds is 8. The summed E-state index contributed by atoms with van der Waals surface area (Å²) in [6.45, 7) is 10.1. The SMILES string of the molecule is CCCNC(CN1CCC(CC)(CC)C1)C(=O)O. The summed E-state index contributed by atoms with van der Waals surface area (Å²) < 4.78 is 0. The lowest BCUT2D eigenvalue weighted by Crippen LogP contribution is -2.46. The molecule has 0 spiro atoms. The number of nitrogens with one attached hydrogen (secondary N) is 1. The Morgan fingerprint density at radius 2 is 2.06 bits per heavy atom. The van der Waals surface area contributed by atoms with Crippen LogP contribution in [0.4, 0.5) is 0 Å². The molecule has 1 fully saturated rings. The van der Waals surface area contributed by atoms with Gasteiger partial charge in [-0.3, -0.25) is 4.79 Å². The molecule has 4 heteroatoms. The van der Waals surface area contributed by atoms with Gasteiger partial charge in [-0.25, -0.2) is 0 Å². The van der Waals surface area contributed by atoms with Crippen molar-refractivity contribution in [2.24, 2.45) is 5.41 Å². The first-order valence-corrected chi connectivity index (χ1v) is 7.25. The molecule has 4 nitrogen and oxygen atoms in total. The third-order valence-corrected chi connectivity index (χ3v) is 4.40. The predicted octanol–water partition coefficient (Wildman–Crippen LogP) is 1.95. The van der Waals surface area contributed by atoms with Gasteiger partial charge in [-0.2, -0.15) is 0 Å². The van der Waals surface area contributed by atoms with Crippen LogP contribution in [-0.2, 0) is 4.79 Å². The normalized spacial score (nSPS) is 21.1. The van der Waals surface area contributed by atoms with Crippen molar-refractivity contribution in [3.8, 4) is 0 Å². The van der Waals surface area contributed by atoms with Crippen molar-refractivity contribution in [3.63, 3.8) is 0 Å². The summed E-state index contributed by atoms with van der Waals surface area (Å²) in [5.41, 5.74) is 0.424. The van der Waals surface area contributed by atoms with Crippen molar-refractivity contribution < 1.29 is 9.90 Å². The first kappa shape index (κ1) is 15.4. The number of likely N-dealkylation sites (tertiary alicyclic amines) is 1. The number of nitrogens with zero attached hydrogens (tertiary/aromatic N) is 1. The van der Waals surface area contributed by atoms with Crippen molar-refractivity contribution in [2.75, 3.05) is 26.2 Å². The molecule has 1 atom stereocenters. The van der Waals surface area contributed by atoms with Crippen LogP contribution in [0.1, 0.15) is 46.5 Å². The molecule has 1 heterocycles. The Balaban J connectivity index is 2.48. The van der Waals surface area contributed by atoms with Gasteiger partial charge < -0.3 is 15.3 Å². The van der Waals surface area contributed by atoms with E-state index in [0.29, 0.717) is 12.0 Å². The molecular weight excluding hydrogens is 228 g/mol. The van der Waals surface area contributed by atoms with Gasteiger partial charge in [0.25, 0.3) is 0 Å². The zero-order chi connectivity index (χ0) is 13.6. The standard InChI is InChI=1S/C14H28N2O2/c1-4-8-15-12(13(17)18)10-16-9-7-14(5-2,6-3)11-16/h12,15H,4-11H2,1-3H3,(H,17,18). The van der Waals surface area contributed by atoms with Gasteiger partial charge in [-0.05, 0) is 44.2 Å². The fourth-order valence-corrected chi connectivity index (χ4v) is 2.82. The molecule has 0 saturated carbocycles. The average Bonchev–Trinajstić information content (AvgIpc) is 2.78. The number of aliphatic carboxylic acids is 1. The van der Waals surface area contributed by atoms with Gasteiger partial charge in [-0.1, -0.05) is 20.8 Å². The van der Waals surface area contributed by atoms with Gasteiger partial charge in [0, 0.05) is 13.1 Å². The number of carboxylic acids is 1. The molecule has 106 valence electrons. The van der Waals surface area contributed by atoms with Gasteiger partial charge >= 0.3 is 5.97 Å².